The molecule has 2 N–H and O–H groups in total. The van der Waals surface area contributed by atoms with Crippen LogP contribution in [0.5, 0.6) is 0 Å². The van der Waals surface area contributed by atoms with Gasteiger partial charge in [-0.05, 0) is 25.0 Å². The molecule has 2 heterocycles. The van der Waals surface area contributed by atoms with Crippen molar-refractivity contribution in [1.82, 2.24) is 4.57 Å². The average Bonchev–Trinajstić information content (AvgIpc) is 2.36. The quantitative estimate of drug-likeness (QED) is 0.572. The lowest BCUT2D eigenvalue weighted by Crippen LogP contribution is -2.20. The van der Waals surface area contributed by atoms with Crippen LogP contribution in [-0.4, -0.2) is 4.57 Å². The number of hydrogen-bond donors (Lipinski definition) is 1. The summed E-state index contributed by atoms with van der Waals surface area (Å²) >= 11 is 0. The molecule has 2 nitrogen and oxygen atoms in total. The zero-order valence-electron chi connectivity index (χ0n) is 5.96. The third kappa shape index (κ3) is 0.762. The highest BCUT2D eigenvalue weighted by Crippen LogP contribution is 2.22. The highest BCUT2D eigenvalue weighted by Gasteiger charge is 2.14. The molecule has 0 aromatic carbocycles. The Morgan fingerprint density at radius 2 is 2.50 bits per heavy atom. The molecule has 1 aliphatic heterocycles. The number of rotatable bonds is 0. The van der Waals surface area contributed by atoms with Crippen LogP contribution in [0, 0.1) is 0 Å². The summed E-state index contributed by atoms with van der Waals surface area (Å²) in [6.07, 6.45) is 4.47. The largest absolute Gasteiger partial charge is 0.350 e. The van der Waals surface area contributed by atoms with Gasteiger partial charge in [0.1, 0.15) is 0 Å². The van der Waals surface area contributed by atoms with Gasteiger partial charge in [0.15, 0.2) is 0 Å². The number of nitrogens with zero attached hydrogens (tertiary/aromatic N) is 1. The molecule has 0 unspecified atom stereocenters. The third-order valence-electron chi connectivity index (χ3n) is 2.16. The molecule has 0 amide bonds. The molecular formula is C8H12N2. The van der Waals surface area contributed by atoms with Crippen LogP contribution in [0.15, 0.2) is 18.3 Å². The minimum atomic E-state index is 0.281. The lowest BCUT2D eigenvalue weighted by molar-refractivity contribution is 0.463. The van der Waals surface area contributed by atoms with Crippen LogP contribution in [0.4, 0.5) is 0 Å². The summed E-state index contributed by atoms with van der Waals surface area (Å²) in [6.45, 7) is 1.15. The van der Waals surface area contributed by atoms with E-state index in [2.05, 4.69) is 22.9 Å². The maximum atomic E-state index is 5.87. The standard InChI is InChI=1S/C8H12N2/c9-7-3-1-5-10-6-2-4-8(7)10/h2,4,6-7H,1,3,5,9H2/t7-/m0/s1. The van der Waals surface area contributed by atoms with E-state index in [9.17, 15) is 0 Å². The Kier molecular flexibility index (Phi) is 1.27. The average molecular weight is 136 g/mol. The highest BCUT2D eigenvalue weighted by atomic mass is 15.0. The highest BCUT2D eigenvalue weighted by molar-refractivity contribution is 5.13. The first-order valence-electron chi connectivity index (χ1n) is 3.78. The van der Waals surface area contributed by atoms with Gasteiger partial charge in [-0.1, -0.05) is 0 Å². The predicted octanol–water partition coefficient (Wildman–Crippen LogP) is 1.28. The molecule has 54 valence electrons. The molecule has 0 bridgehead atoms. The summed E-state index contributed by atoms with van der Waals surface area (Å²) in [5.74, 6) is 0. The van der Waals surface area contributed by atoms with Crippen LogP contribution in [0.1, 0.15) is 24.6 Å². The van der Waals surface area contributed by atoms with Gasteiger partial charge in [0, 0.05) is 24.5 Å². The summed E-state index contributed by atoms with van der Waals surface area (Å²) in [4.78, 5) is 0. The summed E-state index contributed by atoms with van der Waals surface area (Å²) < 4.78 is 2.24. The molecule has 0 radical (unpaired) electrons. The van der Waals surface area contributed by atoms with E-state index >= 15 is 0 Å². The monoisotopic (exact) mass is 136 g/mol. The third-order valence-corrected chi connectivity index (χ3v) is 2.16. The molecule has 0 aliphatic carbocycles. The van der Waals surface area contributed by atoms with Crippen molar-refractivity contribution in [3.05, 3.63) is 24.0 Å². The molecule has 10 heavy (non-hydrogen) atoms. The summed E-state index contributed by atoms with van der Waals surface area (Å²) in [5.41, 5.74) is 7.17. The zero-order chi connectivity index (χ0) is 6.97. The molecule has 1 atom stereocenters. The Morgan fingerprint density at radius 3 is 3.30 bits per heavy atom. The van der Waals surface area contributed by atoms with Crippen LogP contribution < -0.4 is 5.73 Å². The van der Waals surface area contributed by atoms with Gasteiger partial charge < -0.3 is 10.3 Å². The van der Waals surface area contributed by atoms with Gasteiger partial charge in [0.05, 0.1) is 0 Å². The fourth-order valence-corrected chi connectivity index (χ4v) is 1.60. The van der Waals surface area contributed by atoms with Crippen molar-refractivity contribution in [2.45, 2.75) is 25.4 Å². The van der Waals surface area contributed by atoms with Gasteiger partial charge in [0.2, 0.25) is 0 Å². The SMILES string of the molecule is N[C@H]1CCCn2cccc21. The van der Waals surface area contributed by atoms with Crippen molar-refractivity contribution in [3.63, 3.8) is 0 Å². The smallest absolute Gasteiger partial charge is 0.0450 e. The first kappa shape index (κ1) is 5.98. The zero-order valence-corrected chi connectivity index (χ0v) is 5.96. The Balaban J connectivity index is 2.41. The second-order valence-corrected chi connectivity index (χ2v) is 2.88. The van der Waals surface area contributed by atoms with E-state index in [1.165, 1.54) is 12.1 Å². The Hall–Kier alpha value is -0.760. The molecule has 0 spiro atoms. The van der Waals surface area contributed by atoms with Crippen molar-refractivity contribution < 1.29 is 0 Å². The van der Waals surface area contributed by atoms with Gasteiger partial charge in [0.25, 0.3) is 0 Å². The Morgan fingerprint density at radius 1 is 1.60 bits per heavy atom. The van der Waals surface area contributed by atoms with Gasteiger partial charge >= 0.3 is 0 Å². The molecule has 0 saturated heterocycles. The van der Waals surface area contributed by atoms with E-state index in [-0.39, 0.29) is 6.04 Å². The lowest BCUT2D eigenvalue weighted by atomic mass is 10.1. The number of aryl methyl sites for hydroxylation is 1. The second-order valence-electron chi connectivity index (χ2n) is 2.88. The van der Waals surface area contributed by atoms with Gasteiger partial charge in [-0.25, -0.2) is 0 Å². The topological polar surface area (TPSA) is 30.9 Å². The van der Waals surface area contributed by atoms with Crippen molar-refractivity contribution in [1.29, 1.82) is 0 Å². The Labute approximate surface area is 60.6 Å². The Bertz CT molecular complexity index is 227. The van der Waals surface area contributed by atoms with Crippen molar-refractivity contribution in [3.8, 4) is 0 Å². The first-order chi connectivity index (χ1) is 4.88. The molecule has 0 saturated carbocycles. The van der Waals surface area contributed by atoms with Crippen LogP contribution in [0.3, 0.4) is 0 Å². The van der Waals surface area contributed by atoms with E-state index < -0.39 is 0 Å². The van der Waals surface area contributed by atoms with Gasteiger partial charge in [-0.2, -0.15) is 0 Å². The fourth-order valence-electron chi connectivity index (χ4n) is 1.60. The molecule has 2 rings (SSSR count). The predicted molar refractivity (Wildman–Crippen MR) is 40.6 cm³/mol. The normalized spacial score (nSPS) is 24.3. The number of fused-ring (bicyclic) bond motifs is 1. The van der Waals surface area contributed by atoms with Crippen LogP contribution >= 0.6 is 0 Å². The van der Waals surface area contributed by atoms with E-state index in [1.54, 1.807) is 0 Å². The van der Waals surface area contributed by atoms with E-state index in [0.717, 1.165) is 13.0 Å². The lowest BCUT2D eigenvalue weighted by Gasteiger charge is -2.20. The van der Waals surface area contributed by atoms with E-state index in [0.29, 0.717) is 0 Å². The number of aromatic nitrogens is 1. The van der Waals surface area contributed by atoms with Crippen molar-refractivity contribution in [2.24, 2.45) is 5.73 Å². The number of nitrogens with two attached hydrogens (primary N) is 1. The van der Waals surface area contributed by atoms with Crippen molar-refractivity contribution in [2.75, 3.05) is 0 Å². The van der Waals surface area contributed by atoms with E-state index in [1.807, 2.05) is 0 Å². The van der Waals surface area contributed by atoms with Crippen LogP contribution in [-0.2, 0) is 6.54 Å². The minimum absolute atomic E-state index is 0.281. The summed E-state index contributed by atoms with van der Waals surface area (Å²) in [6, 6.07) is 4.47. The minimum Gasteiger partial charge on any atom is -0.350 e. The summed E-state index contributed by atoms with van der Waals surface area (Å²) in [5, 5.41) is 0. The van der Waals surface area contributed by atoms with Crippen LogP contribution in [0.2, 0.25) is 0 Å². The van der Waals surface area contributed by atoms with Crippen LogP contribution in [0.25, 0.3) is 0 Å². The molecule has 0 fully saturated rings. The second kappa shape index (κ2) is 2.13. The number of hydrogen-bond acceptors (Lipinski definition) is 1. The summed E-state index contributed by atoms with van der Waals surface area (Å²) in [7, 11) is 0. The molecule has 2 heteroatoms. The molecular weight excluding hydrogens is 124 g/mol. The molecule has 1 aromatic heterocycles. The fraction of sp³-hybridized carbons (Fsp3) is 0.500. The maximum absolute atomic E-state index is 5.87. The maximum Gasteiger partial charge on any atom is 0.0450 e. The van der Waals surface area contributed by atoms with Crippen molar-refractivity contribution >= 4 is 0 Å². The van der Waals surface area contributed by atoms with Gasteiger partial charge in [-0.15, -0.1) is 0 Å². The van der Waals surface area contributed by atoms with Gasteiger partial charge in [-0.3, -0.25) is 0 Å². The first-order valence-corrected chi connectivity index (χ1v) is 3.78. The molecule has 1 aliphatic rings. The van der Waals surface area contributed by atoms with E-state index in [4.69, 9.17) is 5.73 Å². The molecule has 1 aromatic rings.